The molecule has 2 atom stereocenters. The van der Waals surface area contributed by atoms with Gasteiger partial charge >= 0.3 is 0 Å². The average molecular weight is 239 g/mol. The molecule has 0 aromatic heterocycles. The predicted octanol–water partition coefficient (Wildman–Crippen LogP) is 1.38. The van der Waals surface area contributed by atoms with E-state index in [-0.39, 0.29) is 0 Å². The van der Waals surface area contributed by atoms with Crippen molar-refractivity contribution in [2.45, 2.75) is 45.3 Å². The van der Waals surface area contributed by atoms with Crippen LogP contribution in [0.25, 0.3) is 0 Å². The number of nitrogens with zero attached hydrogens (tertiary/aromatic N) is 2. The van der Waals surface area contributed by atoms with Crippen LogP contribution in [0, 0.1) is 11.3 Å². The van der Waals surface area contributed by atoms with Gasteiger partial charge in [0.15, 0.2) is 0 Å². The third-order valence-corrected chi connectivity index (χ3v) is 3.29. The van der Waals surface area contributed by atoms with Gasteiger partial charge < -0.3 is 4.74 Å². The van der Waals surface area contributed by atoms with Crippen molar-refractivity contribution in [1.82, 2.24) is 10.2 Å². The van der Waals surface area contributed by atoms with Crippen LogP contribution in [0.1, 0.15) is 33.6 Å². The summed E-state index contributed by atoms with van der Waals surface area (Å²) in [4.78, 5) is 2.31. The molecule has 0 radical (unpaired) electrons. The fraction of sp³-hybridized carbons (Fsp3) is 0.923. The van der Waals surface area contributed by atoms with E-state index in [1.165, 1.54) is 6.42 Å². The zero-order valence-corrected chi connectivity index (χ0v) is 11.3. The number of rotatable bonds is 7. The van der Waals surface area contributed by atoms with Gasteiger partial charge in [0.25, 0.3) is 0 Å². The van der Waals surface area contributed by atoms with E-state index in [4.69, 9.17) is 4.74 Å². The lowest BCUT2D eigenvalue weighted by atomic mass is 10.0. The number of ether oxygens (including phenoxy) is 1. The zero-order chi connectivity index (χ0) is 12.7. The lowest BCUT2D eigenvalue weighted by molar-refractivity contribution is 0.0689. The second-order valence-electron chi connectivity index (χ2n) is 4.94. The Morgan fingerprint density at radius 3 is 2.76 bits per heavy atom. The van der Waals surface area contributed by atoms with Gasteiger partial charge in [-0.2, -0.15) is 5.26 Å². The van der Waals surface area contributed by atoms with Gasteiger partial charge in [-0.05, 0) is 32.9 Å². The lowest BCUT2D eigenvalue weighted by Crippen LogP contribution is -2.51. The normalized spacial score (nSPS) is 23.6. The Balaban J connectivity index is 2.46. The molecule has 2 unspecified atom stereocenters. The van der Waals surface area contributed by atoms with Crippen LogP contribution < -0.4 is 5.32 Å². The Labute approximate surface area is 105 Å². The fourth-order valence-electron chi connectivity index (χ4n) is 2.35. The van der Waals surface area contributed by atoms with Gasteiger partial charge in [0, 0.05) is 19.7 Å². The topological polar surface area (TPSA) is 48.3 Å². The summed E-state index contributed by atoms with van der Waals surface area (Å²) in [6.45, 7) is 10.5. The van der Waals surface area contributed by atoms with E-state index in [0.717, 1.165) is 39.2 Å². The Hall–Kier alpha value is -0.630. The van der Waals surface area contributed by atoms with E-state index in [1.54, 1.807) is 0 Å². The van der Waals surface area contributed by atoms with Crippen LogP contribution in [0.3, 0.4) is 0 Å². The van der Waals surface area contributed by atoms with E-state index in [1.807, 2.05) is 13.8 Å². The molecular formula is C13H25N3O. The maximum Gasteiger partial charge on any atom is 0.116 e. The summed E-state index contributed by atoms with van der Waals surface area (Å²) in [5, 5.41) is 12.5. The smallest absolute Gasteiger partial charge is 0.116 e. The summed E-state index contributed by atoms with van der Waals surface area (Å²) in [7, 11) is 0. The van der Waals surface area contributed by atoms with Crippen molar-refractivity contribution in [2.75, 3.05) is 32.8 Å². The monoisotopic (exact) mass is 239 g/mol. The molecule has 0 aromatic rings. The van der Waals surface area contributed by atoms with Gasteiger partial charge in [-0.1, -0.05) is 13.8 Å². The fourth-order valence-corrected chi connectivity index (χ4v) is 2.35. The van der Waals surface area contributed by atoms with Crippen molar-refractivity contribution in [3.05, 3.63) is 0 Å². The third kappa shape index (κ3) is 4.63. The highest BCUT2D eigenvalue weighted by Crippen LogP contribution is 2.15. The molecule has 98 valence electrons. The molecule has 4 heteroatoms. The van der Waals surface area contributed by atoms with Crippen LogP contribution in [-0.2, 0) is 4.74 Å². The van der Waals surface area contributed by atoms with Gasteiger partial charge in [0.1, 0.15) is 5.54 Å². The van der Waals surface area contributed by atoms with E-state index in [2.05, 4.69) is 23.2 Å². The van der Waals surface area contributed by atoms with Gasteiger partial charge in [-0.25, -0.2) is 0 Å². The molecule has 0 bridgehead atoms. The second kappa shape index (κ2) is 6.95. The first-order valence-corrected chi connectivity index (χ1v) is 6.63. The first kappa shape index (κ1) is 14.4. The van der Waals surface area contributed by atoms with Crippen LogP contribution in [0.5, 0.6) is 0 Å². The molecular weight excluding hydrogens is 214 g/mol. The molecule has 0 aliphatic carbocycles. The number of nitrogens with one attached hydrogen (secondary N) is 1. The Bertz CT molecular complexity index is 258. The minimum Gasteiger partial charge on any atom is -0.377 e. The molecule has 17 heavy (non-hydrogen) atoms. The average Bonchev–Trinajstić information content (AvgIpc) is 2.81. The predicted molar refractivity (Wildman–Crippen MR) is 68.8 cm³/mol. The molecule has 0 saturated carbocycles. The minimum atomic E-state index is -0.455. The molecule has 1 fully saturated rings. The maximum absolute atomic E-state index is 9.25. The van der Waals surface area contributed by atoms with Gasteiger partial charge in [0.05, 0.1) is 12.2 Å². The van der Waals surface area contributed by atoms with E-state index in [0.29, 0.717) is 6.10 Å². The van der Waals surface area contributed by atoms with Crippen molar-refractivity contribution in [3.8, 4) is 6.07 Å². The summed E-state index contributed by atoms with van der Waals surface area (Å²) in [5.41, 5.74) is -0.455. The molecule has 1 saturated heterocycles. The summed E-state index contributed by atoms with van der Waals surface area (Å²) in [6.07, 6.45) is 2.69. The molecule has 1 rings (SSSR count). The summed E-state index contributed by atoms with van der Waals surface area (Å²) in [5.74, 6) is 0. The SMILES string of the molecule is CCNC(C)(C#N)CN(CC)CC1CCCO1. The van der Waals surface area contributed by atoms with Crippen molar-refractivity contribution in [1.29, 1.82) is 5.26 Å². The number of hydrogen-bond donors (Lipinski definition) is 1. The van der Waals surface area contributed by atoms with Crippen molar-refractivity contribution >= 4 is 0 Å². The van der Waals surface area contributed by atoms with Gasteiger partial charge in [-0.15, -0.1) is 0 Å². The van der Waals surface area contributed by atoms with Gasteiger partial charge in [0.2, 0.25) is 0 Å². The van der Waals surface area contributed by atoms with Crippen LogP contribution in [0.2, 0.25) is 0 Å². The van der Waals surface area contributed by atoms with Crippen molar-refractivity contribution in [3.63, 3.8) is 0 Å². The molecule has 1 aliphatic heterocycles. The zero-order valence-electron chi connectivity index (χ0n) is 11.3. The molecule has 0 aromatic carbocycles. The van der Waals surface area contributed by atoms with Crippen LogP contribution in [-0.4, -0.2) is 49.3 Å². The highest BCUT2D eigenvalue weighted by molar-refractivity contribution is 5.05. The Kier molecular flexibility index (Phi) is 5.90. The largest absolute Gasteiger partial charge is 0.377 e. The summed E-state index contributed by atoms with van der Waals surface area (Å²) < 4.78 is 5.65. The first-order valence-electron chi connectivity index (χ1n) is 6.63. The number of likely N-dealkylation sites (N-methyl/N-ethyl adjacent to an activating group) is 2. The highest BCUT2D eigenvalue weighted by atomic mass is 16.5. The Morgan fingerprint density at radius 1 is 1.53 bits per heavy atom. The molecule has 1 N–H and O–H groups in total. The molecule has 0 amide bonds. The van der Waals surface area contributed by atoms with E-state index in [9.17, 15) is 5.26 Å². The van der Waals surface area contributed by atoms with E-state index < -0.39 is 5.54 Å². The quantitative estimate of drug-likeness (QED) is 0.729. The van der Waals surface area contributed by atoms with Crippen LogP contribution in [0.4, 0.5) is 0 Å². The standard InChI is InChI=1S/C13H25N3O/c1-4-15-13(3,10-14)11-16(5-2)9-12-7-6-8-17-12/h12,15H,4-9,11H2,1-3H3. The van der Waals surface area contributed by atoms with Crippen molar-refractivity contribution < 1.29 is 4.74 Å². The third-order valence-electron chi connectivity index (χ3n) is 3.29. The molecule has 0 spiro atoms. The minimum absolute atomic E-state index is 0.361. The Morgan fingerprint density at radius 2 is 2.29 bits per heavy atom. The second-order valence-corrected chi connectivity index (χ2v) is 4.94. The molecule has 1 heterocycles. The van der Waals surface area contributed by atoms with Crippen LogP contribution in [0.15, 0.2) is 0 Å². The first-order chi connectivity index (χ1) is 8.13. The summed E-state index contributed by atoms with van der Waals surface area (Å²) >= 11 is 0. The molecule has 1 aliphatic rings. The summed E-state index contributed by atoms with van der Waals surface area (Å²) in [6, 6.07) is 2.38. The lowest BCUT2D eigenvalue weighted by Gasteiger charge is -2.31. The number of nitriles is 1. The van der Waals surface area contributed by atoms with Crippen molar-refractivity contribution in [2.24, 2.45) is 0 Å². The van der Waals surface area contributed by atoms with Gasteiger partial charge in [-0.3, -0.25) is 10.2 Å². The van der Waals surface area contributed by atoms with E-state index >= 15 is 0 Å². The maximum atomic E-state index is 9.25. The highest BCUT2D eigenvalue weighted by Gasteiger charge is 2.27. The number of hydrogen-bond acceptors (Lipinski definition) is 4. The molecule has 4 nitrogen and oxygen atoms in total. The van der Waals surface area contributed by atoms with Crippen LogP contribution >= 0.6 is 0 Å².